The number of carbonyl (C=O) groups is 1. The summed E-state index contributed by atoms with van der Waals surface area (Å²) in [7, 11) is 0. The highest BCUT2D eigenvalue weighted by Gasteiger charge is 2.16. The van der Waals surface area contributed by atoms with Crippen LogP contribution in [0.4, 0.5) is 0 Å². The molecule has 0 saturated carbocycles. The van der Waals surface area contributed by atoms with Crippen LogP contribution < -0.4 is 0 Å². The third-order valence-corrected chi connectivity index (χ3v) is 1.94. The van der Waals surface area contributed by atoms with Crippen LogP contribution in [0.1, 0.15) is 19.3 Å². The maximum absolute atomic E-state index is 11.1. The zero-order valence-electron chi connectivity index (χ0n) is 6.38. The van der Waals surface area contributed by atoms with Crippen molar-refractivity contribution in [2.45, 2.75) is 19.3 Å². The molecule has 1 aliphatic heterocycles. The number of likely N-dealkylation sites (tertiary alicyclic amines) is 1. The first-order valence-electron chi connectivity index (χ1n) is 3.68. The highest BCUT2D eigenvalue weighted by atomic mass is 35.5. The molecule has 11 heavy (non-hydrogen) atoms. The second kappa shape index (κ2) is 5.67. The molecule has 1 amide bonds. The Morgan fingerprint density at radius 3 is 2.73 bits per heavy atom. The van der Waals surface area contributed by atoms with E-state index in [0.29, 0.717) is 5.88 Å². The molecular weight excluding hydrogens is 185 g/mol. The Bertz CT molecular complexity index is 128. The molecule has 0 atom stereocenters. The Hall–Kier alpha value is 0.0500. The van der Waals surface area contributed by atoms with E-state index < -0.39 is 0 Å². The lowest BCUT2D eigenvalue weighted by atomic mass is 10.1. The van der Waals surface area contributed by atoms with Gasteiger partial charge in [0, 0.05) is 25.4 Å². The van der Waals surface area contributed by atoms with Gasteiger partial charge in [0.25, 0.3) is 0 Å². The second-order valence-electron chi connectivity index (χ2n) is 2.53. The first-order chi connectivity index (χ1) is 4.84. The van der Waals surface area contributed by atoms with Gasteiger partial charge in [0.2, 0.25) is 5.91 Å². The predicted molar refractivity (Wildman–Crippen MR) is 48.4 cm³/mol. The van der Waals surface area contributed by atoms with Gasteiger partial charge in [0.15, 0.2) is 0 Å². The predicted octanol–water partition coefficient (Wildman–Crippen LogP) is 1.66. The minimum absolute atomic E-state index is 0. The Morgan fingerprint density at radius 2 is 2.18 bits per heavy atom. The van der Waals surface area contributed by atoms with E-state index in [2.05, 4.69) is 0 Å². The number of hydrogen-bond acceptors (Lipinski definition) is 1. The first kappa shape index (κ1) is 11.1. The molecule has 4 heteroatoms. The fraction of sp³-hybridized carbons (Fsp3) is 0.857. The van der Waals surface area contributed by atoms with Crippen molar-refractivity contribution >= 4 is 29.9 Å². The zero-order chi connectivity index (χ0) is 7.40. The monoisotopic (exact) mass is 197 g/mol. The summed E-state index contributed by atoms with van der Waals surface area (Å²) in [5, 5.41) is 0. The van der Waals surface area contributed by atoms with Crippen LogP contribution in [0, 0.1) is 0 Å². The van der Waals surface area contributed by atoms with Gasteiger partial charge < -0.3 is 4.90 Å². The molecule has 0 bridgehead atoms. The molecule has 1 rings (SSSR count). The van der Waals surface area contributed by atoms with Crippen LogP contribution in [0.5, 0.6) is 0 Å². The Labute approximate surface area is 78.3 Å². The van der Waals surface area contributed by atoms with Crippen molar-refractivity contribution in [2.24, 2.45) is 0 Å². The van der Waals surface area contributed by atoms with Crippen LogP contribution in [0.15, 0.2) is 0 Å². The molecular formula is C7H13Cl2NO. The number of hydrogen-bond donors (Lipinski definition) is 0. The van der Waals surface area contributed by atoms with Crippen molar-refractivity contribution in [3.05, 3.63) is 0 Å². The molecule has 0 aromatic carbocycles. The zero-order valence-corrected chi connectivity index (χ0v) is 7.96. The first-order valence-corrected chi connectivity index (χ1v) is 4.22. The van der Waals surface area contributed by atoms with Crippen LogP contribution in [-0.2, 0) is 4.79 Å². The summed E-state index contributed by atoms with van der Waals surface area (Å²) in [6.07, 6.45) is 2.91. The average molecular weight is 198 g/mol. The fourth-order valence-corrected chi connectivity index (χ4v) is 1.40. The molecule has 0 aliphatic carbocycles. The topological polar surface area (TPSA) is 20.3 Å². The van der Waals surface area contributed by atoms with E-state index in [1.165, 1.54) is 0 Å². The van der Waals surface area contributed by atoms with E-state index in [1.807, 2.05) is 4.90 Å². The van der Waals surface area contributed by atoms with E-state index in [-0.39, 0.29) is 18.3 Å². The van der Waals surface area contributed by atoms with Crippen molar-refractivity contribution in [2.75, 3.05) is 19.0 Å². The summed E-state index contributed by atoms with van der Waals surface area (Å²) in [6.45, 7) is 1.63. The molecule has 1 aliphatic rings. The number of alkyl halides is 1. The molecule has 1 saturated heterocycles. The second-order valence-corrected chi connectivity index (χ2v) is 2.90. The van der Waals surface area contributed by atoms with Gasteiger partial charge in [0.05, 0.1) is 0 Å². The smallest absolute Gasteiger partial charge is 0.222 e. The van der Waals surface area contributed by atoms with Crippen molar-refractivity contribution in [1.29, 1.82) is 0 Å². The van der Waals surface area contributed by atoms with Crippen molar-refractivity contribution in [1.82, 2.24) is 4.90 Å². The van der Waals surface area contributed by atoms with E-state index in [4.69, 9.17) is 11.6 Å². The van der Waals surface area contributed by atoms with Crippen LogP contribution in [0.3, 0.4) is 0 Å². The number of carbonyl (C=O) groups excluding carboxylic acids is 1. The highest BCUT2D eigenvalue weighted by Crippen LogP contribution is 2.09. The summed E-state index contributed by atoms with van der Waals surface area (Å²) in [5.74, 6) is 0.832. The largest absolute Gasteiger partial charge is 0.342 e. The molecule has 0 unspecified atom stereocenters. The van der Waals surface area contributed by atoms with Gasteiger partial charge in [-0.2, -0.15) is 0 Å². The molecule has 0 spiro atoms. The highest BCUT2D eigenvalue weighted by molar-refractivity contribution is 6.18. The van der Waals surface area contributed by atoms with Gasteiger partial charge in [-0.15, -0.1) is 24.0 Å². The van der Waals surface area contributed by atoms with Gasteiger partial charge in [-0.1, -0.05) is 0 Å². The van der Waals surface area contributed by atoms with Crippen LogP contribution >= 0.6 is 24.0 Å². The SMILES string of the molecule is Cl.O=C1CCCCN1CCCl. The Kier molecular flexibility index (Phi) is 5.69. The van der Waals surface area contributed by atoms with Gasteiger partial charge >= 0.3 is 0 Å². The van der Waals surface area contributed by atoms with Gasteiger partial charge in [-0.25, -0.2) is 0 Å². The summed E-state index contributed by atoms with van der Waals surface area (Å²) in [5.41, 5.74) is 0. The lowest BCUT2D eigenvalue weighted by Crippen LogP contribution is -2.36. The van der Waals surface area contributed by atoms with Gasteiger partial charge in [0.1, 0.15) is 0 Å². The molecule has 66 valence electrons. The van der Waals surface area contributed by atoms with Crippen LogP contribution in [0.2, 0.25) is 0 Å². The molecule has 1 heterocycles. The van der Waals surface area contributed by atoms with Crippen LogP contribution in [0.25, 0.3) is 0 Å². The third kappa shape index (κ3) is 3.30. The van der Waals surface area contributed by atoms with E-state index in [1.54, 1.807) is 0 Å². The lowest BCUT2D eigenvalue weighted by molar-refractivity contribution is -0.132. The average Bonchev–Trinajstić information content (AvgIpc) is 1.94. The molecule has 1 fully saturated rings. The van der Waals surface area contributed by atoms with Gasteiger partial charge in [-0.05, 0) is 12.8 Å². The maximum Gasteiger partial charge on any atom is 0.222 e. The third-order valence-electron chi connectivity index (χ3n) is 1.78. The quantitative estimate of drug-likeness (QED) is 0.618. The van der Waals surface area contributed by atoms with Gasteiger partial charge in [-0.3, -0.25) is 4.79 Å². The summed E-state index contributed by atoms with van der Waals surface area (Å²) >= 11 is 5.51. The van der Waals surface area contributed by atoms with E-state index >= 15 is 0 Å². The molecule has 0 aromatic rings. The summed E-state index contributed by atoms with van der Waals surface area (Å²) in [6, 6.07) is 0. The van der Waals surface area contributed by atoms with E-state index in [0.717, 1.165) is 32.4 Å². The minimum atomic E-state index is 0. The fourth-order valence-electron chi connectivity index (χ4n) is 1.20. The summed E-state index contributed by atoms with van der Waals surface area (Å²) < 4.78 is 0. The standard InChI is InChI=1S/C7H12ClNO.ClH/c8-4-6-9-5-2-1-3-7(9)10;/h1-6H2;1H. The lowest BCUT2D eigenvalue weighted by Gasteiger charge is -2.25. The molecule has 0 aromatic heterocycles. The molecule has 2 nitrogen and oxygen atoms in total. The van der Waals surface area contributed by atoms with Crippen molar-refractivity contribution in [3.8, 4) is 0 Å². The van der Waals surface area contributed by atoms with Crippen molar-refractivity contribution in [3.63, 3.8) is 0 Å². The maximum atomic E-state index is 11.1. The number of nitrogens with zero attached hydrogens (tertiary/aromatic N) is 1. The van der Waals surface area contributed by atoms with Crippen molar-refractivity contribution < 1.29 is 4.79 Å². The molecule has 0 N–H and O–H groups in total. The minimum Gasteiger partial charge on any atom is -0.342 e. The number of piperidine rings is 1. The Balaban J connectivity index is 0.000001000. The Morgan fingerprint density at radius 1 is 1.45 bits per heavy atom. The van der Waals surface area contributed by atoms with Crippen LogP contribution in [-0.4, -0.2) is 29.8 Å². The summed E-state index contributed by atoms with van der Waals surface area (Å²) in [4.78, 5) is 12.9. The van der Waals surface area contributed by atoms with E-state index in [9.17, 15) is 4.79 Å². The number of rotatable bonds is 2. The number of amides is 1. The number of halogens is 2. The normalized spacial score (nSPS) is 17.9. The molecule has 0 radical (unpaired) electrons.